The Morgan fingerprint density at radius 3 is 3.06 bits per heavy atom. The molecule has 0 saturated heterocycles. The topological polar surface area (TPSA) is 51.0 Å². The summed E-state index contributed by atoms with van der Waals surface area (Å²) < 4.78 is 5.20. The zero-order valence-corrected chi connectivity index (χ0v) is 9.88. The first kappa shape index (κ1) is 9.99. The van der Waals surface area contributed by atoms with Crippen molar-refractivity contribution in [1.82, 2.24) is 15.5 Å². The summed E-state index contributed by atoms with van der Waals surface area (Å²) in [6.07, 6.45) is 2.54. The van der Waals surface area contributed by atoms with Crippen LogP contribution in [0.3, 0.4) is 0 Å². The molecule has 0 atom stereocenters. The van der Waals surface area contributed by atoms with Crippen molar-refractivity contribution in [2.24, 2.45) is 0 Å². The van der Waals surface area contributed by atoms with Gasteiger partial charge in [0.15, 0.2) is 0 Å². The van der Waals surface area contributed by atoms with Crippen molar-refractivity contribution in [1.29, 1.82) is 0 Å². The normalized spacial score (nSPS) is 15.6. The first-order valence-corrected chi connectivity index (χ1v) is 6.36. The van der Waals surface area contributed by atoms with E-state index in [4.69, 9.17) is 4.52 Å². The van der Waals surface area contributed by atoms with E-state index in [9.17, 15) is 0 Å². The Morgan fingerprint density at radius 2 is 2.38 bits per heavy atom. The second-order valence-corrected chi connectivity index (χ2v) is 4.88. The van der Waals surface area contributed by atoms with Gasteiger partial charge in [0.05, 0.1) is 6.54 Å². The van der Waals surface area contributed by atoms with Crippen molar-refractivity contribution in [3.05, 3.63) is 22.2 Å². The van der Waals surface area contributed by atoms with Crippen LogP contribution in [0.4, 0.5) is 0 Å². The molecule has 3 rings (SSSR count). The molecule has 0 amide bonds. The standard InChI is InChI=1S/C11H13N3OS/c1-7-5-16-6-9(7)11-13-10(15-14-11)4-12-8-2-3-8/h5-6,8,12H,2-4H2,1H3. The average molecular weight is 235 g/mol. The smallest absolute Gasteiger partial charge is 0.240 e. The molecular formula is C11H13N3OS. The summed E-state index contributed by atoms with van der Waals surface area (Å²) in [5.74, 6) is 1.37. The minimum absolute atomic E-state index is 0.665. The van der Waals surface area contributed by atoms with Crippen LogP contribution in [-0.2, 0) is 6.54 Å². The van der Waals surface area contributed by atoms with Gasteiger partial charge >= 0.3 is 0 Å². The van der Waals surface area contributed by atoms with Crippen molar-refractivity contribution >= 4 is 11.3 Å². The lowest BCUT2D eigenvalue weighted by Crippen LogP contribution is -2.15. The summed E-state index contributed by atoms with van der Waals surface area (Å²) in [5, 5.41) is 11.5. The highest BCUT2D eigenvalue weighted by molar-refractivity contribution is 7.08. The van der Waals surface area contributed by atoms with Gasteiger partial charge in [-0.2, -0.15) is 16.3 Å². The largest absolute Gasteiger partial charge is 0.338 e. The van der Waals surface area contributed by atoms with E-state index >= 15 is 0 Å². The highest BCUT2D eigenvalue weighted by Gasteiger charge is 2.21. The van der Waals surface area contributed by atoms with E-state index < -0.39 is 0 Å². The van der Waals surface area contributed by atoms with Crippen LogP contribution in [0.25, 0.3) is 11.4 Å². The summed E-state index contributed by atoms with van der Waals surface area (Å²) in [6.45, 7) is 2.74. The third-order valence-corrected chi connectivity index (χ3v) is 3.55. The molecular weight excluding hydrogens is 222 g/mol. The predicted octanol–water partition coefficient (Wildman–Crippen LogP) is 2.36. The molecule has 0 aliphatic heterocycles. The quantitative estimate of drug-likeness (QED) is 0.883. The number of thiophene rings is 1. The summed E-state index contributed by atoms with van der Waals surface area (Å²) in [7, 11) is 0. The van der Waals surface area contributed by atoms with Crippen molar-refractivity contribution in [2.75, 3.05) is 0 Å². The van der Waals surface area contributed by atoms with Gasteiger partial charge in [0.1, 0.15) is 0 Å². The number of aromatic nitrogens is 2. The molecule has 2 aromatic rings. The minimum Gasteiger partial charge on any atom is -0.338 e. The minimum atomic E-state index is 0.665. The molecule has 1 aliphatic rings. The van der Waals surface area contributed by atoms with Crippen molar-refractivity contribution in [2.45, 2.75) is 32.4 Å². The summed E-state index contributed by atoms with van der Waals surface area (Å²) in [4.78, 5) is 4.38. The summed E-state index contributed by atoms with van der Waals surface area (Å²) in [5.41, 5.74) is 2.28. The fourth-order valence-electron chi connectivity index (χ4n) is 1.54. The van der Waals surface area contributed by atoms with E-state index in [0.717, 1.165) is 5.56 Å². The first-order chi connectivity index (χ1) is 7.83. The lowest BCUT2D eigenvalue weighted by Gasteiger charge is -1.94. The van der Waals surface area contributed by atoms with Crippen LogP contribution in [0.5, 0.6) is 0 Å². The molecule has 0 radical (unpaired) electrons. The maximum Gasteiger partial charge on any atom is 0.240 e. The molecule has 0 spiro atoms. The van der Waals surface area contributed by atoms with Crippen LogP contribution in [0.1, 0.15) is 24.3 Å². The van der Waals surface area contributed by atoms with Crippen LogP contribution in [0.2, 0.25) is 0 Å². The molecule has 84 valence electrons. The number of hydrogen-bond acceptors (Lipinski definition) is 5. The monoisotopic (exact) mass is 235 g/mol. The van der Waals surface area contributed by atoms with E-state index in [2.05, 4.69) is 33.1 Å². The van der Waals surface area contributed by atoms with Gasteiger partial charge in [-0.15, -0.1) is 0 Å². The Hall–Kier alpha value is -1.20. The van der Waals surface area contributed by atoms with Gasteiger partial charge < -0.3 is 9.84 Å². The lowest BCUT2D eigenvalue weighted by molar-refractivity contribution is 0.367. The van der Waals surface area contributed by atoms with E-state index in [-0.39, 0.29) is 0 Å². The molecule has 5 heteroatoms. The summed E-state index contributed by atoms with van der Waals surface area (Å²) in [6, 6.07) is 0.665. The van der Waals surface area contributed by atoms with Crippen LogP contribution in [0, 0.1) is 6.92 Å². The SMILES string of the molecule is Cc1cscc1-c1noc(CNC2CC2)n1. The zero-order chi connectivity index (χ0) is 11.0. The van der Waals surface area contributed by atoms with Gasteiger partial charge in [-0.05, 0) is 30.7 Å². The fourth-order valence-corrected chi connectivity index (χ4v) is 2.37. The third kappa shape index (κ3) is 2.01. The second-order valence-electron chi connectivity index (χ2n) is 4.14. The molecule has 2 heterocycles. The molecule has 0 bridgehead atoms. The van der Waals surface area contributed by atoms with Gasteiger partial charge in [-0.1, -0.05) is 5.16 Å². The van der Waals surface area contributed by atoms with E-state index in [0.29, 0.717) is 24.3 Å². The molecule has 0 unspecified atom stereocenters. The van der Waals surface area contributed by atoms with Crippen LogP contribution >= 0.6 is 11.3 Å². The summed E-state index contributed by atoms with van der Waals surface area (Å²) >= 11 is 1.66. The zero-order valence-electron chi connectivity index (χ0n) is 9.06. The Bertz CT molecular complexity index is 487. The molecule has 1 aliphatic carbocycles. The van der Waals surface area contributed by atoms with Crippen LogP contribution < -0.4 is 5.32 Å². The van der Waals surface area contributed by atoms with E-state index in [1.165, 1.54) is 18.4 Å². The van der Waals surface area contributed by atoms with Gasteiger partial charge in [-0.25, -0.2) is 0 Å². The predicted molar refractivity (Wildman–Crippen MR) is 62.2 cm³/mol. The Labute approximate surface area is 97.7 Å². The molecule has 0 aromatic carbocycles. The highest BCUT2D eigenvalue weighted by Crippen LogP contribution is 2.24. The molecule has 1 N–H and O–H groups in total. The molecule has 4 nitrogen and oxygen atoms in total. The number of aryl methyl sites for hydroxylation is 1. The molecule has 16 heavy (non-hydrogen) atoms. The highest BCUT2D eigenvalue weighted by atomic mass is 32.1. The average Bonchev–Trinajstić information content (AvgIpc) is 2.82. The molecule has 1 fully saturated rings. The number of nitrogens with zero attached hydrogens (tertiary/aromatic N) is 2. The van der Waals surface area contributed by atoms with E-state index in [1.807, 2.05) is 0 Å². The third-order valence-electron chi connectivity index (χ3n) is 2.68. The van der Waals surface area contributed by atoms with Gasteiger partial charge in [0.2, 0.25) is 11.7 Å². The van der Waals surface area contributed by atoms with Gasteiger partial charge in [0.25, 0.3) is 0 Å². The lowest BCUT2D eigenvalue weighted by atomic mass is 10.2. The second kappa shape index (κ2) is 3.99. The van der Waals surface area contributed by atoms with Crippen LogP contribution in [-0.4, -0.2) is 16.2 Å². The maximum absolute atomic E-state index is 5.20. The van der Waals surface area contributed by atoms with Gasteiger partial charge in [0, 0.05) is 17.0 Å². The Kier molecular flexibility index (Phi) is 2.49. The van der Waals surface area contributed by atoms with E-state index in [1.54, 1.807) is 11.3 Å². The number of rotatable bonds is 4. The molecule has 2 aromatic heterocycles. The number of hydrogen-bond donors (Lipinski definition) is 1. The Morgan fingerprint density at radius 1 is 1.50 bits per heavy atom. The number of nitrogens with one attached hydrogen (secondary N) is 1. The first-order valence-electron chi connectivity index (χ1n) is 5.42. The maximum atomic E-state index is 5.20. The molecule has 1 saturated carbocycles. The van der Waals surface area contributed by atoms with Gasteiger partial charge in [-0.3, -0.25) is 0 Å². The van der Waals surface area contributed by atoms with Crippen molar-refractivity contribution in [3.63, 3.8) is 0 Å². The van der Waals surface area contributed by atoms with Crippen molar-refractivity contribution in [3.8, 4) is 11.4 Å². The fraction of sp³-hybridized carbons (Fsp3) is 0.455. The van der Waals surface area contributed by atoms with Crippen molar-refractivity contribution < 1.29 is 4.52 Å². The van der Waals surface area contributed by atoms with Crippen LogP contribution in [0.15, 0.2) is 15.3 Å². The Balaban J connectivity index is 1.74.